The van der Waals surface area contributed by atoms with Crippen LogP contribution in [-0.4, -0.2) is 61.3 Å². The van der Waals surface area contributed by atoms with Gasteiger partial charge >= 0.3 is 0 Å². The largest absolute Gasteiger partial charge is 0.355 e. The SMILES string of the molecule is O=C(CCCCCNC(=O)c1ccc(Cl)cc1)NCCSSCCNC(=O)CCCCCNC(=O)c1ccc(Cl)cc1. The molecule has 0 fully saturated rings. The van der Waals surface area contributed by atoms with Gasteiger partial charge in [-0.3, -0.25) is 19.2 Å². The van der Waals surface area contributed by atoms with Crippen LogP contribution in [0, 0.1) is 0 Å². The maximum Gasteiger partial charge on any atom is 0.251 e. The minimum absolute atomic E-state index is 0.0435. The fourth-order valence-corrected chi connectivity index (χ4v) is 5.81. The van der Waals surface area contributed by atoms with Crippen LogP contribution in [0.3, 0.4) is 0 Å². The third-order valence-corrected chi connectivity index (χ3v) is 8.96. The van der Waals surface area contributed by atoms with Gasteiger partial charge in [-0.2, -0.15) is 0 Å². The van der Waals surface area contributed by atoms with Gasteiger partial charge in [-0.25, -0.2) is 0 Å². The predicted octanol–water partition coefficient (Wildman–Crippen LogP) is 5.89. The first-order valence-corrected chi connectivity index (χ1v) is 17.4. The first-order chi connectivity index (χ1) is 20.3. The second kappa shape index (κ2) is 22.2. The lowest BCUT2D eigenvalue weighted by Crippen LogP contribution is -2.26. The molecule has 12 heteroatoms. The summed E-state index contributed by atoms with van der Waals surface area (Å²) in [4.78, 5) is 48.0. The van der Waals surface area contributed by atoms with Crippen LogP contribution in [0.15, 0.2) is 48.5 Å². The Morgan fingerprint density at radius 2 is 0.881 bits per heavy atom. The summed E-state index contributed by atoms with van der Waals surface area (Å²) in [6.07, 6.45) is 5.90. The molecule has 230 valence electrons. The van der Waals surface area contributed by atoms with Gasteiger partial charge in [-0.05, 0) is 74.2 Å². The van der Waals surface area contributed by atoms with Crippen LogP contribution in [0.4, 0.5) is 0 Å². The molecule has 8 nitrogen and oxygen atoms in total. The van der Waals surface area contributed by atoms with E-state index in [9.17, 15) is 19.2 Å². The second-order valence-electron chi connectivity index (χ2n) is 9.49. The molecule has 2 aromatic rings. The van der Waals surface area contributed by atoms with E-state index in [4.69, 9.17) is 23.2 Å². The predicted molar refractivity (Wildman–Crippen MR) is 175 cm³/mol. The zero-order valence-corrected chi connectivity index (χ0v) is 26.9. The topological polar surface area (TPSA) is 116 Å². The molecular formula is C30H40Cl2N4O4S2. The number of halogens is 2. The third kappa shape index (κ3) is 16.9. The monoisotopic (exact) mass is 654 g/mol. The van der Waals surface area contributed by atoms with Gasteiger partial charge in [0, 0.05) is 71.7 Å². The van der Waals surface area contributed by atoms with Gasteiger partial charge in [0.2, 0.25) is 11.8 Å². The van der Waals surface area contributed by atoms with E-state index in [0.717, 1.165) is 50.0 Å². The minimum Gasteiger partial charge on any atom is -0.355 e. The molecule has 0 saturated heterocycles. The summed E-state index contributed by atoms with van der Waals surface area (Å²) < 4.78 is 0. The van der Waals surface area contributed by atoms with Crippen LogP contribution in [0.1, 0.15) is 72.1 Å². The van der Waals surface area contributed by atoms with Crippen LogP contribution in [0.5, 0.6) is 0 Å². The molecule has 42 heavy (non-hydrogen) atoms. The maximum absolute atomic E-state index is 12.0. The number of hydrogen-bond acceptors (Lipinski definition) is 6. The molecule has 2 aromatic carbocycles. The lowest BCUT2D eigenvalue weighted by Gasteiger charge is -2.07. The standard InChI is InChI=1S/C30H40Cl2N4O4S2/c31-25-13-9-23(10-14-25)29(39)35-17-5-1-3-7-27(37)33-19-21-41-42-22-20-34-28(38)8-4-2-6-18-36-30(40)24-11-15-26(32)16-12-24/h9-16H,1-8,17-22H2,(H,33,37)(H,34,38)(H,35,39)(H,36,40). The summed E-state index contributed by atoms with van der Waals surface area (Å²) >= 11 is 11.7. The van der Waals surface area contributed by atoms with E-state index in [1.165, 1.54) is 0 Å². The minimum atomic E-state index is -0.121. The number of benzene rings is 2. The number of carbonyl (C=O) groups excluding carboxylic acids is 4. The van der Waals surface area contributed by atoms with E-state index in [2.05, 4.69) is 21.3 Å². The number of nitrogens with one attached hydrogen (secondary N) is 4. The zero-order chi connectivity index (χ0) is 30.4. The van der Waals surface area contributed by atoms with Crippen molar-refractivity contribution in [2.45, 2.75) is 51.4 Å². The molecule has 0 saturated carbocycles. The highest BCUT2D eigenvalue weighted by Gasteiger charge is 2.06. The van der Waals surface area contributed by atoms with Gasteiger partial charge in [0.05, 0.1) is 0 Å². The number of carbonyl (C=O) groups is 4. The van der Waals surface area contributed by atoms with Crippen LogP contribution >= 0.6 is 44.8 Å². The number of hydrogen-bond donors (Lipinski definition) is 4. The molecule has 0 radical (unpaired) electrons. The van der Waals surface area contributed by atoms with E-state index in [0.29, 0.717) is 60.2 Å². The van der Waals surface area contributed by atoms with Gasteiger partial charge < -0.3 is 21.3 Å². The van der Waals surface area contributed by atoms with Gasteiger partial charge in [0.15, 0.2) is 0 Å². The molecule has 0 unspecified atom stereocenters. The van der Waals surface area contributed by atoms with Crippen molar-refractivity contribution in [2.75, 3.05) is 37.7 Å². The van der Waals surface area contributed by atoms with Crippen LogP contribution in [0.25, 0.3) is 0 Å². The summed E-state index contributed by atoms with van der Waals surface area (Å²) in [5, 5.41) is 12.8. The van der Waals surface area contributed by atoms with Crippen molar-refractivity contribution in [3.05, 3.63) is 69.7 Å². The van der Waals surface area contributed by atoms with E-state index in [1.54, 1.807) is 70.1 Å². The van der Waals surface area contributed by atoms with E-state index < -0.39 is 0 Å². The van der Waals surface area contributed by atoms with Gasteiger partial charge in [-0.15, -0.1) is 0 Å². The average Bonchev–Trinajstić information content (AvgIpc) is 2.98. The van der Waals surface area contributed by atoms with Crippen molar-refractivity contribution in [1.82, 2.24) is 21.3 Å². The molecule has 0 bridgehead atoms. The van der Waals surface area contributed by atoms with Gasteiger partial charge in [0.25, 0.3) is 11.8 Å². The molecule has 0 aliphatic rings. The Morgan fingerprint density at radius 1 is 0.500 bits per heavy atom. The smallest absolute Gasteiger partial charge is 0.251 e. The molecule has 0 heterocycles. The van der Waals surface area contributed by atoms with Crippen LogP contribution in [0.2, 0.25) is 10.0 Å². The Morgan fingerprint density at radius 3 is 1.26 bits per heavy atom. The number of unbranched alkanes of at least 4 members (excludes halogenated alkanes) is 4. The number of rotatable bonds is 21. The molecule has 2 rings (SSSR count). The lowest BCUT2D eigenvalue weighted by molar-refractivity contribution is -0.121. The molecule has 0 aromatic heterocycles. The second-order valence-corrected chi connectivity index (χ2v) is 13.1. The van der Waals surface area contributed by atoms with Crippen molar-refractivity contribution < 1.29 is 19.2 Å². The van der Waals surface area contributed by atoms with Gasteiger partial charge in [0.1, 0.15) is 0 Å². The normalized spacial score (nSPS) is 10.6. The van der Waals surface area contributed by atoms with E-state index in [1.807, 2.05) is 0 Å². The highest BCUT2D eigenvalue weighted by Crippen LogP contribution is 2.19. The average molecular weight is 656 g/mol. The molecule has 0 atom stereocenters. The number of amides is 4. The summed E-state index contributed by atoms with van der Waals surface area (Å²) in [6.45, 7) is 2.37. The first-order valence-electron chi connectivity index (χ1n) is 14.2. The molecule has 4 amide bonds. The van der Waals surface area contributed by atoms with Crippen molar-refractivity contribution in [3.63, 3.8) is 0 Å². The molecule has 0 aliphatic heterocycles. The first kappa shape index (κ1) is 35.8. The molecule has 0 spiro atoms. The summed E-state index contributed by atoms with van der Waals surface area (Å²) in [5.41, 5.74) is 1.16. The Balaban J connectivity index is 1.32. The van der Waals surface area contributed by atoms with Crippen molar-refractivity contribution >= 4 is 68.4 Å². The Kier molecular flexibility index (Phi) is 18.9. The summed E-state index contributed by atoms with van der Waals surface area (Å²) in [6, 6.07) is 13.5. The molecule has 0 aliphatic carbocycles. The Bertz CT molecular complexity index is 1020. The van der Waals surface area contributed by atoms with Crippen molar-refractivity contribution in [1.29, 1.82) is 0 Å². The highest BCUT2D eigenvalue weighted by atomic mass is 35.5. The molecule has 4 N–H and O–H groups in total. The maximum atomic E-state index is 12.0. The van der Waals surface area contributed by atoms with Crippen LogP contribution in [-0.2, 0) is 9.59 Å². The lowest BCUT2D eigenvalue weighted by atomic mass is 10.1. The van der Waals surface area contributed by atoms with E-state index >= 15 is 0 Å². The Hall–Kier alpha value is -2.40. The fourth-order valence-electron chi connectivity index (χ4n) is 3.74. The summed E-state index contributed by atoms with van der Waals surface area (Å²) in [7, 11) is 3.35. The quantitative estimate of drug-likeness (QED) is 0.0986. The van der Waals surface area contributed by atoms with Crippen molar-refractivity contribution in [3.8, 4) is 0 Å². The van der Waals surface area contributed by atoms with Crippen molar-refractivity contribution in [2.24, 2.45) is 0 Å². The highest BCUT2D eigenvalue weighted by molar-refractivity contribution is 8.76. The Labute approximate surface area is 266 Å². The van der Waals surface area contributed by atoms with Gasteiger partial charge in [-0.1, -0.05) is 57.6 Å². The fraction of sp³-hybridized carbons (Fsp3) is 0.467. The van der Waals surface area contributed by atoms with E-state index in [-0.39, 0.29) is 23.6 Å². The summed E-state index contributed by atoms with van der Waals surface area (Å²) in [5.74, 6) is 1.45. The third-order valence-electron chi connectivity index (χ3n) is 6.04. The molecular weight excluding hydrogens is 615 g/mol. The zero-order valence-electron chi connectivity index (χ0n) is 23.7. The van der Waals surface area contributed by atoms with Crippen LogP contribution < -0.4 is 21.3 Å².